The Balaban J connectivity index is 1.90. The molecule has 4 nitrogen and oxygen atoms in total. The third kappa shape index (κ3) is 2.42. The number of allylic oxidation sites excluding steroid dienone is 1. The standard InChI is InChI=1S/C20H16N2O2/c23-20(24)18-17-12-11-15(13-14-7-3-1-4-8-14)19(17)22(21-18)16-9-5-2-6-10-16/h1-10,13H,11-12H2,(H,23,24)/b15-13-. The van der Waals surface area contributed by atoms with Gasteiger partial charge in [0.25, 0.3) is 0 Å². The molecule has 1 aliphatic carbocycles. The van der Waals surface area contributed by atoms with Crippen LogP contribution >= 0.6 is 0 Å². The zero-order valence-corrected chi connectivity index (χ0v) is 13.0. The van der Waals surface area contributed by atoms with Crippen LogP contribution in [0.5, 0.6) is 0 Å². The molecule has 2 aromatic carbocycles. The lowest BCUT2D eigenvalue weighted by Gasteiger charge is -2.07. The van der Waals surface area contributed by atoms with Crippen LogP contribution in [0.1, 0.15) is 33.7 Å². The number of rotatable bonds is 3. The molecule has 0 bridgehead atoms. The highest BCUT2D eigenvalue weighted by Crippen LogP contribution is 2.37. The Morgan fingerprint density at radius 2 is 1.67 bits per heavy atom. The van der Waals surface area contributed by atoms with Crippen molar-refractivity contribution in [3.63, 3.8) is 0 Å². The number of aromatic nitrogens is 2. The lowest BCUT2D eigenvalue weighted by Crippen LogP contribution is -2.04. The fourth-order valence-electron chi connectivity index (χ4n) is 3.21. The maximum Gasteiger partial charge on any atom is 0.356 e. The highest BCUT2D eigenvalue weighted by Gasteiger charge is 2.29. The molecule has 1 aromatic heterocycles. The zero-order valence-electron chi connectivity index (χ0n) is 13.0. The average molecular weight is 316 g/mol. The Bertz CT molecular complexity index is 925. The van der Waals surface area contributed by atoms with Gasteiger partial charge in [-0.1, -0.05) is 48.5 Å². The second-order valence-electron chi connectivity index (χ2n) is 5.81. The highest BCUT2D eigenvalue weighted by atomic mass is 16.4. The smallest absolute Gasteiger partial charge is 0.356 e. The molecule has 24 heavy (non-hydrogen) atoms. The van der Waals surface area contributed by atoms with Crippen molar-refractivity contribution in [2.45, 2.75) is 12.8 Å². The summed E-state index contributed by atoms with van der Waals surface area (Å²) in [7, 11) is 0. The van der Waals surface area contributed by atoms with Gasteiger partial charge in [-0.15, -0.1) is 0 Å². The minimum absolute atomic E-state index is 0.158. The van der Waals surface area contributed by atoms with E-state index in [-0.39, 0.29) is 5.69 Å². The van der Waals surface area contributed by atoms with Gasteiger partial charge in [0.1, 0.15) is 0 Å². The summed E-state index contributed by atoms with van der Waals surface area (Å²) in [6, 6.07) is 19.8. The Kier molecular flexibility index (Phi) is 3.50. The largest absolute Gasteiger partial charge is 0.476 e. The first-order chi connectivity index (χ1) is 11.7. The van der Waals surface area contributed by atoms with Gasteiger partial charge in [0.15, 0.2) is 5.69 Å². The quantitative estimate of drug-likeness (QED) is 0.793. The number of benzene rings is 2. The lowest BCUT2D eigenvalue weighted by molar-refractivity contribution is 0.0689. The van der Waals surface area contributed by atoms with E-state index in [0.717, 1.165) is 34.5 Å². The van der Waals surface area contributed by atoms with E-state index in [0.29, 0.717) is 6.42 Å². The van der Waals surface area contributed by atoms with Crippen molar-refractivity contribution in [1.29, 1.82) is 0 Å². The Labute approximate surface area is 139 Å². The molecule has 0 unspecified atom stereocenters. The van der Waals surface area contributed by atoms with Crippen molar-refractivity contribution in [1.82, 2.24) is 9.78 Å². The van der Waals surface area contributed by atoms with Crippen molar-refractivity contribution in [3.8, 4) is 5.69 Å². The molecule has 1 heterocycles. The predicted molar refractivity (Wildman–Crippen MR) is 93.2 cm³/mol. The summed E-state index contributed by atoms with van der Waals surface area (Å²) in [5.74, 6) is -0.970. The van der Waals surface area contributed by atoms with Gasteiger partial charge in [0, 0.05) is 5.56 Å². The van der Waals surface area contributed by atoms with Crippen molar-refractivity contribution < 1.29 is 9.90 Å². The van der Waals surface area contributed by atoms with Crippen LogP contribution in [0.2, 0.25) is 0 Å². The number of hydrogen-bond acceptors (Lipinski definition) is 2. The highest BCUT2D eigenvalue weighted by molar-refractivity contribution is 5.93. The Morgan fingerprint density at radius 1 is 1.00 bits per heavy atom. The van der Waals surface area contributed by atoms with Gasteiger partial charge in [-0.3, -0.25) is 0 Å². The van der Waals surface area contributed by atoms with Crippen LogP contribution in [0, 0.1) is 0 Å². The van der Waals surface area contributed by atoms with Crippen LogP contribution in [0.3, 0.4) is 0 Å². The predicted octanol–water partition coefficient (Wildman–Crippen LogP) is 4.06. The summed E-state index contributed by atoms with van der Waals surface area (Å²) in [4.78, 5) is 11.6. The van der Waals surface area contributed by atoms with Crippen molar-refractivity contribution in [2.75, 3.05) is 0 Å². The van der Waals surface area contributed by atoms with Crippen LogP contribution in [0.4, 0.5) is 0 Å². The summed E-state index contributed by atoms with van der Waals surface area (Å²) in [6.07, 6.45) is 3.66. The van der Waals surface area contributed by atoms with Gasteiger partial charge in [-0.25, -0.2) is 9.48 Å². The third-order valence-electron chi connectivity index (χ3n) is 4.28. The molecule has 0 spiro atoms. The minimum Gasteiger partial charge on any atom is -0.476 e. The first-order valence-corrected chi connectivity index (χ1v) is 7.90. The van der Waals surface area contributed by atoms with Gasteiger partial charge in [-0.05, 0) is 42.2 Å². The number of nitrogens with zero attached hydrogens (tertiary/aromatic N) is 2. The number of aromatic carboxylic acids is 1. The third-order valence-corrected chi connectivity index (χ3v) is 4.28. The molecule has 0 saturated carbocycles. The SMILES string of the molecule is O=C(O)c1nn(-c2ccccc2)c2c1CC/C2=C/c1ccccc1. The second kappa shape index (κ2) is 5.81. The van der Waals surface area contributed by atoms with Crippen LogP contribution in [-0.2, 0) is 6.42 Å². The fourth-order valence-corrected chi connectivity index (χ4v) is 3.21. The van der Waals surface area contributed by atoms with Gasteiger partial charge < -0.3 is 5.11 Å². The van der Waals surface area contributed by atoms with Crippen LogP contribution in [-0.4, -0.2) is 20.9 Å². The topological polar surface area (TPSA) is 55.1 Å². The fraction of sp³-hybridized carbons (Fsp3) is 0.100. The molecule has 0 fully saturated rings. The summed E-state index contributed by atoms with van der Waals surface area (Å²) in [5.41, 5.74) is 5.02. The summed E-state index contributed by atoms with van der Waals surface area (Å²) >= 11 is 0. The normalized spacial score (nSPS) is 14.8. The van der Waals surface area contributed by atoms with Crippen LogP contribution in [0.25, 0.3) is 17.3 Å². The molecular weight excluding hydrogens is 300 g/mol. The monoisotopic (exact) mass is 316 g/mol. The van der Waals surface area contributed by atoms with E-state index in [4.69, 9.17) is 0 Å². The van der Waals surface area contributed by atoms with Crippen LogP contribution in [0.15, 0.2) is 60.7 Å². The van der Waals surface area contributed by atoms with E-state index < -0.39 is 5.97 Å². The molecule has 0 radical (unpaired) electrons. The number of fused-ring (bicyclic) bond motifs is 1. The molecule has 4 heteroatoms. The van der Waals surface area contributed by atoms with Crippen molar-refractivity contribution in [2.24, 2.45) is 0 Å². The number of carbonyl (C=O) groups is 1. The van der Waals surface area contributed by atoms with Gasteiger partial charge >= 0.3 is 5.97 Å². The van der Waals surface area contributed by atoms with Crippen LogP contribution < -0.4 is 0 Å². The minimum atomic E-state index is -0.970. The number of carboxylic acids is 1. The maximum absolute atomic E-state index is 11.6. The van der Waals surface area contributed by atoms with Gasteiger partial charge in [-0.2, -0.15) is 5.10 Å². The molecule has 4 rings (SSSR count). The number of hydrogen-bond donors (Lipinski definition) is 1. The number of carboxylic acid groups (broad SMARTS) is 1. The maximum atomic E-state index is 11.6. The number of para-hydroxylation sites is 1. The molecule has 0 atom stereocenters. The summed E-state index contributed by atoms with van der Waals surface area (Å²) in [5, 5.41) is 13.9. The second-order valence-corrected chi connectivity index (χ2v) is 5.81. The lowest BCUT2D eigenvalue weighted by atomic mass is 10.1. The first-order valence-electron chi connectivity index (χ1n) is 7.90. The zero-order chi connectivity index (χ0) is 16.5. The van der Waals surface area contributed by atoms with E-state index in [9.17, 15) is 9.90 Å². The summed E-state index contributed by atoms with van der Waals surface area (Å²) < 4.78 is 1.76. The van der Waals surface area contributed by atoms with Crippen molar-refractivity contribution in [3.05, 3.63) is 83.2 Å². The molecule has 1 N–H and O–H groups in total. The molecule has 118 valence electrons. The van der Waals surface area contributed by atoms with E-state index >= 15 is 0 Å². The summed E-state index contributed by atoms with van der Waals surface area (Å²) in [6.45, 7) is 0. The Hall–Kier alpha value is -3.14. The van der Waals surface area contributed by atoms with E-state index in [1.54, 1.807) is 4.68 Å². The van der Waals surface area contributed by atoms with E-state index in [1.165, 1.54) is 0 Å². The van der Waals surface area contributed by atoms with Gasteiger partial charge in [0.2, 0.25) is 0 Å². The molecule has 1 aliphatic rings. The average Bonchev–Trinajstić information content (AvgIpc) is 3.18. The molecular formula is C20H16N2O2. The molecule has 0 amide bonds. The first kappa shape index (κ1) is 14.5. The van der Waals surface area contributed by atoms with Crippen molar-refractivity contribution >= 4 is 17.6 Å². The molecule has 0 aliphatic heterocycles. The molecule has 0 saturated heterocycles. The van der Waals surface area contributed by atoms with Gasteiger partial charge in [0.05, 0.1) is 11.4 Å². The van der Waals surface area contributed by atoms with E-state index in [1.807, 2.05) is 60.7 Å². The molecule has 3 aromatic rings. The van der Waals surface area contributed by atoms with E-state index in [2.05, 4.69) is 11.2 Å². The Morgan fingerprint density at radius 3 is 2.33 bits per heavy atom.